The first-order valence-electron chi connectivity index (χ1n) is 11.1. The van der Waals surface area contributed by atoms with E-state index in [2.05, 4.69) is 38.4 Å². The molecular formula is C25H25N5O2. The van der Waals surface area contributed by atoms with E-state index in [0.29, 0.717) is 23.5 Å². The molecule has 2 aromatic carbocycles. The van der Waals surface area contributed by atoms with Crippen molar-refractivity contribution in [2.45, 2.75) is 44.2 Å². The normalized spacial score (nSPS) is 17.2. The van der Waals surface area contributed by atoms with Crippen molar-refractivity contribution in [3.63, 3.8) is 0 Å². The van der Waals surface area contributed by atoms with Crippen LogP contribution >= 0.6 is 0 Å². The van der Waals surface area contributed by atoms with E-state index in [1.807, 2.05) is 18.3 Å². The number of hydrogen-bond donors (Lipinski definition) is 2. The second kappa shape index (κ2) is 8.75. The number of carbonyl (C=O) groups is 1. The van der Waals surface area contributed by atoms with Crippen molar-refractivity contribution in [3.8, 4) is 23.1 Å². The van der Waals surface area contributed by atoms with Crippen LogP contribution in [-0.4, -0.2) is 28.2 Å². The highest BCUT2D eigenvalue weighted by Crippen LogP contribution is 2.38. The van der Waals surface area contributed by atoms with Crippen molar-refractivity contribution in [2.75, 3.05) is 11.9 Å². The summed E-state index contributed by atoms with van der Waals surface area (Å²) in [7, 11) is 0. The average molecular weight is 428 g/mol. The standard InChI is InChI=1S/C25H25N5O2/c26-13-17-10-11-21(24(12-17)32-18-6-2-1-3-7-18)29-25(31)28-15-23-20-9-5-4-8-19(20)22-14-27-16-30(22)23/h4-5,8-12,14,16,18,23H,1-3,6-7,15H2,(H2,28,29,31). The number of carbonyl (C=O) groups excluding carboxylic acids is 1. The van der Waals surface area contributed by atoms with E-state index in [4.69, 9.17) is 4.74 Å². The highest BCUT2D eigenvalue weighted by molar-refractivity contribution is 5.91. The maximum absolute atomic E-state index is 12.8. The molecule has 0 saturated heterocycles. The van der Waals surface area contributed by atoms with Gasteiger partial charge in [-0.3, -0.25) is 0 Å². The lowest BCUT2D eigenvalue weighted by Crippen LogP contribution is -2.33. The Labute approximate surface area is 187 Å². The first-order valence-corrected chi connectivity index (χ1v) is 11.1. The summed E-state index contributed by atoms with van der Waals surface area (Å²) in [5, 5.41) is 15.2. The minimum atomic E-state index is -0.311. The minimum absolute atomic E-state index is 0.00614. The number of benzene rings is 2. The zero-order chi connectivity index (χ0) is 21.9. The van der Waals surface area contributed by atoms with Gasteiger partial charge in [0.05, 0.1) is 47.7 Å². The average Bonchev–Trinajstić information content (AvgIpc) is 3.41. The van der Waals surface area contributed by atoms with Crippen LogP contribution in [0.2, 0.25) is 0 Å². The number of amides is 2. The van der Waals surface area contributed by atoms with E-state index in [-0.39, 0.29) is 18.2 Å². The van der Waals surface area contributed by atoms with Crippen LogP contribution in [0, 0.1) is 11.3 Å². The summed E-state index contributed by atoms with van der Waals surface area (Å²) < 4.78 is 8.27. The Kier molecular flexibility index (Phi) is 5.51. The Hall–Kier alpha value is -3.79. The molecular weight excluding hydrogens is 402 g/mol. The van der Waals surface area contributed by atoms with Crippen LogP contribution in [0.15, 0.2) is 55.0 Å². The molecule has 1 aromatic heterocycles. The summed E-state index contributed by atoms with van der Waals surface area (Å²) >= 11 is 0. The van der Waals surface area contributed by atoms with E-state index in [1.54, 1.807) is 24.5 Å². The van der Waals surface area contributed by atoms with Crippen molar-refractivity contribution in [3.05, 3.63) is 66.1 Å². The molecule has 2 aliphatic rings. The van der Waals surface area contributed by atoms with Crippen LogP contribution in [0.5, 0.6) is 5.75 Å². The number of anilines is 1. The molecule has 7 nitrogen and oxygen atoms in total. The van der Waals surface area contributed by atoms with Gasteiger partial charge < -0.3 is 19.9 Å². The minimum Gasteiger partial charge on any atom is -0.488 e. The number of nitriles is 1. The van der Waals surface area contributed by atoms with E-state index in [9.17, 15) is 10.1 Å². The Morgan fingerprint density at radius 3 is 2.88 bits per heavy atom. The number of imidazole rings is 1. The Morgan fingerprint density at radius 1 is 1.19 bits per heavy atom. The Morgan fingerprint density at radius 2 is 2.03 bits per heavy atom. The molecule has 32 heavy (non-hydrogen) atoms. The third-order valence-electron chi connectivity index (χ3n) is 6.26. The quantitative estimate of drug-likeness (QED) is 0.608. The first-order chi connectivity index (χ1) is 15.7. The zero-order valence-electron chi connectivity index (χ0n) is 17.8. The van der Waals surface area contributed by atoms with Gasteiger partial charge in [0.1, 0.15) is 5.75 Å². The van der Waals surface area contributed by atoms with Crippen LogP contribution in [0.4, 0.5) is 10.5 Å². The van der Waals surface area contributed by atoms with Crippen LogP contribution in [0.25, 0.3) is 11.3 Å². The molecule has 162 valence electrons. The molecule has 1 aliphatic carbocycles. The van der Waals surface area contributed by atoms with Gasteiger partial charge in [0.2, 0.25) is 0 Å². The van der Waals surface area contributed by atoms with Crippen molar-refractivity contribution in [1.29, 1.82) is 5.26 Å². The van der Waals surface area contributed by atoms with Crippen molar-refractivity contribution >= 4 is 11.7 Å². The predicted octanol–water partition coefficient (Wildman–Crippen LogP) is 4.86. The third-order valence-corrected chi connectivity index (χ3v) is 6.26. The smallest absolute Gasteiger partial charge is 0.319 e. The highest BCUT2D eigenvalue weighted by Gasteiger charge is 2.28. The summed E-state index contributed by atoms with van der Waals surface area (Å²) in [6.45, 7) is 0.432. The molecule has 2 heterocycles. The fraction of sp³-hybridized carbons (Fsp3) is 0.320. The molecule has 1 fully saturated rings. The lowest BCUT2D eigenvalue weighted by atomic mass is 9.98. The van der Waals surface area contributed by atoms with Gasteiger partial charge in [0.25, 0.3) is 0 Å². The van der Waals surface area contributed by atoms with Gasteiger partial charge in [-0.25, -0.2) is 9.78 Å². The van der Waals surface area contributed by atoms with Gasteiger partial charge >= 0.3 is 6.03 Å². The van der Waals surface area contributed by atoms with Crippen LogP contribution in [0.3, 0.4) is 0 Å². The molecule has 3 aromatic rings. The van der Waals surface area contributed by atoms with Crippen LogP contribution < -0.4 is 15.4 Å². The van der Waals surface area contributed by atoms with Crippen molar-refractivity contribution < 1.29 is 9.53 Å². The number of nitrogens with zero attached hydrogens (tertiary/aromatic N) is 3. The molecule has 1 aliphatic heterocycles. The number of rotatable bonds is 5. The fourth-order valence-electron chi connectivity index (χ4n) is 4.65. The topological polar surface area (TPSA) is 92.0 Å². The maximum Gasteiger partial charge on any atom is 0.319 e. The second-order valence-electron chi connectivity index (χ2n) is 8.32. The molecule has 2 N–H and O–H groups in total. The molecule has 0 spiro atoms. The number of fused-ring (bicyclic) bond motifs is 3. The molecule has 5 rings (SSSR count). The number of ether oxygens (including phenoxy) is 1. The van der Waals surface area contributed by atoms with Crippen LogP contribution in [0.1, 0.15) is 49.3 Å². The van der Waals surface area contributed by atoms with Gasteiger partial charge in [-0.1, -0.05) is 30.7 Å². The van der Waals surface area contributed by atoms with Gasteiger partial charge in [-0.2, -0.15) is 5.26 Å². The molecule has 0 radical (unpaired) electrons. The molecule has 7 heteroatoms. The lowest BCUT2D eigenvalue weighted by molar-refractivity contribution is 0.156. The molecule has 1 saturated carbocycles. The van der Waals surface area contributed by atoms with E-state index >= 15 is 0 Å². The van der Waals surface area contributed by atoms with Gasteiger partial charge in [-0.15, -0.1) is 0 Å². The first kappa shape index (κ1) is 20.1. The predicted molar refractivity (Wildman–Crippen MR) is 121 cm³/mol. The van der Waals surface area contributed by atoms with Gasteiger partial charge in [0.15, 0.2) is 0 Å². The monoisotopic (exact) mass is 427 g/mol. The second-order valence-corrected chi connectivity index (χ2v) is 8.32. The number of hydrogen-bond acceptors (Lipinski definition) is 4. The summed E-state index contributed by atoms with van der Waals surface area (Å²) in [4.78, 5) is 17.0. The third kappa shape index (κ3) is 3.92. The molecule has 2 amide bonds. The van der Waals surface area contributed by atoms with E-state index in [0.717, 1.165) is 36.9 Å². The van der Waals surface area contributed by atoms with Crippen LogP contribution in [-0.2, 0) is 0 Å². The number of urea groups is 1. The largest absolute Gasteiger partial charge is 0.488 e. The zero-order valence-corrected chi connectivity index (χ0v) is 17.8. The summed E-state index contributed by atoms with van der Waals surface area (Å²) in [6, 6.07) is 15.1. The summed E-state index contributed by atoms with van der Waals surface area (Å²) in [6.07, 6.45) is 9.29. The fourth-order valence-corrected chi connectivity index (χ4v) is 4.65. The van der Waals surface area contributed by atoms with E-state index < -0.39 is 0 Å². The Balaban J connectivity index is 1.28. The summed E-state index contributed by atoms with van der Waals surface area (Å²) in [5.74, 6) is 0.550. The highest BCUT2D eigenvalue weighted by atomic mass is 16.5. The SMILES string of the molecule is N#Cc1ccc(NC(=O)NCC2c3ccccc3-c3cncn32)c(OC2CCCCC2)c1. The van der Waals surface area contributed by atoms with Crippen molar-refractivity contribution in [1.82, 2.24) is 14.9 Å². The lowest BCUT2D eigenvalue weighted by Gasteiger charge is -2.24. The van der Waals surface area contributed by atoms with E-state index in [1.165, 1.54) is 12.0 Å². The Bertz CT molecular complexity index is 1170. The van der Waals surface area contributed by atoms with Crippen molar-refractivity contribution in [2.24, 2.45) is 0 Å². The molecule has 1 unspecified atom stereocenters. The number of aromatic nitrogens is 2. The number of nitrogens with one attached hydrogen (secondary N) is 2. The van der Waals surface area contributed by atoms with Gasteiger partial charge in [-0.05, 0) is 43.4 Å². The summed E-state index contributed by atoms with van der Waals surface area (Å²) in [5.41, 5.74) is 4.46. The molecule has 0 bridgehead atoms. The van der Waals surface area contributed by atoms with Gasteiger partial charge in [0, 0.05) is 18.2 Å². The molecule has 1 atom stereocenters. The maximum atomic E-state index is 12.8.